The predicted octanol–water partition coefficient (Wildman–Crippen LogP) is 10.4. The third-order valence-electron chi connectivity index (χ3n) is 9.56. The Morgan fingerprint density at radius 3 is 2.29 bits per heavy atom. The third kappa shape index (κ3) is 19.1. The molecule has 1 unspecified atom stereocenters. The van der Waals surface area contributed by atoms with Crippen molar-refractivity contribution in [2.75, 3.05) is 58.7 Å². The molecule has 2 saturated heterocycles. The van der Waals surface area contributed by atoms with Gasteiger partial charge in [0, 0.05) is 30.4 Å². The van der Waals surface area contributed by atoms with Crippen molar-refractivity contribution in [2.45, 2.75) is 112 Å². The molecule has 2 aliphatic heterocycles. The number of ether oxygens (including phenoxy) is 2. The zero-order valence-corrected chi connectivity index (χ0v) is 34.6. The molecular weight excluding hydrogens is 659 g/mol. The standard InChI is InChI=1S/C20H33NO2.C15H25N2O.C5H10.C2H4O2S/c1-6-9-15(4)10-19-11-18(13-21(19)8-3)17(7-2)12-20-16(5)22-14-23-20;1-5-6-10-16(13-18)15-9-7-8-14(11-15)12-17(2,3)4;1-5-3-2-4-5;1-5-2(3)4/h7,12,15,18-19H,5-6,8-11,13-14H2,1-4H3;7-9,11,13H,5-6,10,12H2,1-4H3;5H,2-4H2,1H3;1H3,(H,3,4)/q;+1;;/b17-7+,20-12+;;;/t15-,18-,19?;;;/m1.../s1. The monoisotopic (exact) mass is 731 g/mol. The van der Waals surface area contributed by atoms with E-state index in [9.17, 15) is 9.59 Å². The van der Waals surface area contributed by atoms with Gasteiger partial charge in [-0.25, -0.2) is 4.79 Å². The number of amides is 1. The maximum atomic E-state index is 11.1. The summed E-state index contributed by atoms with van der Waals surface area (Å²) in [6.45, 7) is 21.8. The second-order valence-electron chi connectivity index (χ2n) is 15.2. The zero-order valence-electron chi connectivity index (χ0n) is 33.8. The van der Waals surface area contributed by atoms with Crippen LogP contribution >= 0.6 is 11.8 Å². The highest BCUT2D eigenvalue weighted by Crippen LogP contribution is 2.35. The van der Waals surface area contributed by atoms with Crippen molar-refractivity contribution in [3.8, 4) is 0 Å². The molecular formula is C42H72N3O5S+. The fraction of sp³-hybridized carbons (Fsp3) is 0.667. The molecule has 0 bridgehead atoms. The molecule has 1 aliphatic carbocycles. The molecule has 1 aromatic carbocycles. The summed E-state index contributed by atoms with van der Waals surface area (Å²) < 4.78 is 11.7. The smallest absolute Gasteiger partial charge is 0.364 e. The third-order valence-corrected chi connectivity index (χ3v) is 9.91. The number of nitrogens with zero attached hydrogens (tertiary/aromatic N) is 3. The summed E-state index contributed by atoms with van der Waals surface area (Å²) in [5, 5.41) is 6.86. The van der Waals surface area contributed by atoms with Crippen molar-refractivity contribution in [3.63, 3.8) is 0 Å². The van der Waals surface area contributed by atoms with E-state index in [4.69, 9.17) is 14.6 Å². The van der Waals surface area contributed by atoms with Crippen LogP contribution in [0.4, 0.5) is 10.5 Å². The maximum Gasteiger partial charge on any atom is 0.364 e. The van der Waals surface area contributed by atoms with Crippen LogP contribution in [0.1, 0.15) is 105 Å². The summed E-state index contributed by atoms with van der Waals surface area (Å²) in [5.74, 6) is 3.92. The first-order chi connectivity index (χ1) is 24.2. The number of benzene rings is 1. The molecule has 1 saturated carbocycles. The van der Waals surface area contributed by atoms with Gasteiger partial charge in [-0.05, 0) is 92.3 Å². The summed E-state index contributed by atoms with van der Waals surface area (Å²) in [5.41, 5.74) is 3.63. The molecule has 3 aliphatic rings. The van der Waals surface area contributed by atoms with Gasteiger partial charge in [-0.2, -0.15) is 0 Å². The number of unbranched alkanes of at least 4 members (excludes halogenated alkanes) is 1. The first kappa shape index (κ1) is 46.3. The number of quaternary nitrogens is 1. The van der Waals surface area contributed by atoms with Crippen LogP contribution in [0.5, 0.6) is 0 Å². The Morgan fingerprint density at radius 2 is 1.84 bits per heavy atom. The first-order valence-corrected chi connectivity index (χ1v) is 20.4. The molecule has 4 rings (SSSR count). The topological polar surface area (TPSA) is 79.3 Å². The Balaban J connectivity index is 0.000000408. The molecule has 1 N–H and O–H groups in total. The molecule has 1 aromatic rings. The number of carbonyl (C=O) groups excluding carboxylic acids is 1. The first-order valence-electron chi connectivity index (χ1n) is 19.2. The minimum absolute atomic E-state index is 0.296. The van der Waals surface area contributed by atoms with Gasteiger partial charge in [0.2, 0.25) is 13.2 Å². The Hall–Kier alpha value is -2.75. The van der Waals surface area contributed by atoms with Crippen molar-refractivity contribution in [1.29, 1.82) is 0 Å². The Kier molecular flexibility index (Phi) is 22.9. The number of likely N-dealkylation sites (tertiary alicyclic amines) is 1. The van der Waals surface area contributed by atoms with Gasteiger partial charge in [0.15, 0.2) is 11.5 Å². The van der Waals surface area contributed by atoms with E-state index in [1.165, 1.54) is 62.3 Å². The van der Waals surface area contributed by atoms with E-state index >= 15 is 0 Å². The average Bonchev–Trinajstić information content (AvgIpc) is 3.68. The van der Waals surface area contributed by atoms with Crippen molar-refractivity contribution < 1.29 is 28.7 Å². The Morgan fingerprint density at radius 1 is 1.18 bits per heavy atom. The minimum atomic E-state index is -0.829. The van der Waals surface area contributed by atoms with Crippen molar-refractivity contribution in [1.82, 2.24) is 4.90 Å². The lowest BCUT2D eigenvalue weighted by Gasteiger charge is -2.25. The van der Waals surface area contributed by atoms with Gasteiger partial charge in [0.1, 0.15) is 6.54 Å². The van der Waals surface area contributed by atoms with Crippen molar-refractivity contribution in [2.24, 2.45) is 17.8 Å². The summed E-state index contributed by atoms with van der Waals surface area (Å²) in [7, 11) is 6.50. The molecule has 0 radical (unpaired) electrons. The van der Waals surface area contributed by atoms with Crippen molar-refractivity contribution >= 4 is 29.2 Å². The summed E-state index contributed by atoms with van der Waals surface area (Å²) in [6, 6.07) is 8.99. The average molecular weight is 731 g/mol. The zero-order chi connectivity index (χ0) is 38.4. The summed E-state index contributed by atoms with van der Waals surface area (Å²) in [4.78, 5) is 24.9. The summed E-state index contributed by atoms with van der Waals surface area (Å²) in [6.07, 6.45) is 18.6. The van der Waals surface area contributed by atoms with E-state index in [1.807, 2.05) is 12.1 Å². The lowest BCUT2D eigenvalue weighted by Crippen LogP contribution is -2.33. The van der Waals surface area contributed by atoms with Crippen LogP contribution in [0.25, 0.3) is 0 Å². The van der Waals surface area contributed by atoms with E-state index < -0.39 is 5.30 Å². The Bertz CT molecular complexity index is 1220. The van der Waals surface area contributed by atoms with Gasteiger partial charge in [-0.3, -0.25) is 4.79 Å². The van der Waals surface area contributed by atoms with Crippen LogP contribution < -0.4 is 4.90 Å². The molecule has 2 heterocycles. The highest BCUT2D eigenvalue weighted by molar-refractivity contribution is 8.12. The molecule has 8 nitrogen and oxygen atoms in total. The second-order valence-corrected chi connectivity index (χ2v) is 16.0. The van der Waals surface area contributed by atoms with Gasteiger partial charge in [0.05, 0.1) is 21.1 Å². The van der Waals surface area contributed by atoms with Gasteiger partial charge in [-0.15, -0.1) is 0 Å². The van der Waals surface area contributed by atoms with Crippen LogP contribution in [0.3, 0.4) is 0 Å². The number of allylic oxidation sites excluding steroid dienone is 2. The molecule has 1 amide bonds. The number of anilines is 1. The SMILES string of the molecule is C=C1OCO/C1=C/C(=C\C)[C@@H]1CC(C[C@H](C)CCC)N(CC)C1.CC1CCC1.CCCCN(C=O)c1cccc(C[N+](C)(C)C)c1.CSC(=O)O. The van der Waals surface area contributed by atoms with E-state index in [0.29, 0.717) is 24.5 Å². The quantitative estimate of drug-likeness (QED) is 0.151. The summed E-state index contributed by atoms with van der Waals surface area (Å²) >= 11 is 0.796. The van der Waals surface area contributed by atoms with Gasteiger partial charge in [-0.1, -0.05) is 97.9 Å². The highest BCUT2D eigenvalue weighted by Gasteiger charge is 2.33. The molecule has 9 heteroatoms. The van der Waals surface area contributed by atoms with Crippen LogP contribution in [0, 0.1) is 17.8 Å². The normalized spacial score (nSPS) is 20.3. The number of rotatable bonds is 14. The lowest BCUT2D eigenvalue weighted by atomic mass is 9.88. The number of carboxylic acid groups (broad SMARTS) is 1. The molecule has 290 valence electrons. The van der Waals surface area contributed by atoms with Crippen molar-refractivity contribution in [3.05, 3.63) is 65.7 Å². The second kappa shape index (κ2) is 25.3. The van der Waals surface area contributed by atoms with Crippen LogP contribution in [-0.4, -0.2) is 86.1 Å². The molecule has 51 heavy (non-hydrogen) atoms. The van der Waals surface area contributed by atoms with Gasteiger partial charge < -0.3 is 28.9 Å². The predicted molar refractivity (Wildman–Crippen MR) is 217 cm³/mol. The fourth-order valence-electron chi connectivity index (χ4n) is 6.52. The largest absolute Gasteiger partial charge is 0.473 e. The lowest BCUT2D eigenvalue weighted by molar-refractivity contribution is -0.884. The van der Waals surface area contributed by atoms with Gasteiger partial charge >= 0.3 is 5.30 Å². The van der Waals surface area contributed by atoms with E-state index in [-0.39, 0.29) is 0 Å². The van der Waals surface area contributed by atoms with E-state index in [1.54, 1.807) is 4.90 Å². The van der Waals surface area contributed by atoms with E-state index in [2.05, 4.69) is 98.4 Å². The maximum absolute atomic E-state index is 11.1. The molecule has 0 spiro atoms. The number of carbonyl (C=O) groups is 2. The van der Waals surface area contributed by atoms with Crippen LogP contribution in [-0.2, 0) is 20.8 Å². The van der Waals surface area contributed by atoms with Gasteiger partial charge in [0.25, 0.3) is 0 Å². The molecule has 0 aromatic heterocycles. The number of thioether (sulfide) groups is 1. The van der Waals surface area contributed by atoms with Crippen LogP contribution in [0.2, 0.25) is 0 Å². The molecule has 3 atom stereocenters. The van der Waals surface area contributed by atoms with Crippen LogP contribution in [0.15, 0.2) is 60.1 Å². The highest BCUT2D eigenvalue weighted by atomic mass is 32.2. The fourth-order valence-corrected chi connectivity index (χ4v) is 6.52. The minimum Gasteiger partial charge on any atom is -0.473 e. The molecule has 3 fully saturated rings. The Labute approximate surface area is 315 Å². The number of hydrogen-bond acceptors (Lipinski definition) is 6. The van der Waals surface area contributed by atoms with E-state index in [0.717, 1.165) is 85.0 Å². The number of hydrogen-bond donors (Lipinski definition) is 1.